The third-order valence-electron chi connectivity index (χ3n) is 4.17. The van der Waals surface area contributed by atoms with Gasteiger partial charge in [-0.2, -0.15) is 0 Å². The Morgan fingerprint density at radius 3 is 2.82 bits per heavy atom. The van der Waals surface area contributed by atoms with Crippen molar-refractivity contribution in [1.29, 1.82) is 0 Å². The number of unbranched alkanes of at least 4 members (excludes halogenated alkanes) is 2. The Balaban J connectivity index is 2.19. The molecule has 0 aromatic heterocycles. The SMILES string of the molecule is CCCCCC(C)NCC1(N)CCCC(C)C1. The minimum absolute atomic E-state index is 0.0662. The highest BCUT2D eigenvalue weighted by Gasteiger charge is 2.30. The second kappa shape index (κ2) is 7.38. The van der Waals surface area contributed by atoms with Crippen LogP contribution in [0, 0.1) is 5.92 Å². The Morgan fingerprint density at radius 2 is 2.18 bits per heavy atom. The zero-order valence-corrected chi connectivity index (χ0v) is 12.1. The van der Waals surface area contributed by atoms with Crippen molar-refractivity contribution in [3.63, 3.8) is 0 Å². The summed E-state index contributed by atoms with van der Waals surface area (Å²) in [5.41, 5.74) is 6.56. The van der Waals surface area contributed by atoms with E-state index in [2.05, 4.69) is 26.1 Å². The average Bonchev–Trinajstić information content (AvgIpc) is 2.27. The van der Waals surface area contributed by atoms with E-state index in [-0.39, 0.29) is 5.54 Å². The van der Waals surface area contributed by atoms with Gasteiger partial charge in [-0.3, -0.25) is 0 Å². The van der Waals surface area contributed by atoms with Crippen LogP contribution in [-0.4, -0.2) is 18.1 Å². The van der Waals surface area contributed by atoms with Gasteiger partial charge in [0.2, 0.25) is 0 Å². The quantitative estimate of drug-likeness (QED) is 0.669. The van der Waals surface area contributed by atoms with Gasteiger partial charge in [0.15, 0.2) is 0 Å². The molecule has 17 heavy (non-hydrogen) atoms. The van der Waals surface area contributed by atoms with Crippen LogP contribution < -0.4 is 11.1 Å². The van der Waals surface area contributed by atoms with Crippen molar-refractivity contribution < 1.29 is 0 Å². The van der Waals surface area contributed by atoms with Crippen LogP contribution in [0.4, 0.5) is 0 Å². The summed E-state index contributed by atoms with van der Waals surface area (Å²) in [5.74, 6) is 0.811. The maximum atomic E-state index is 6.49. The van der Waals surface area contributed by atoms with E-state index in [0.717, 1.165) is 12.5 Å². The van der Waals surface area contributed by atoms with E-state index in [0.29, 0.717) is 6.04 Å². The molecule has 1 fully saturated rings. The third-order valence-corrected chi connectivity index (χ3v) is 4.17. The van der Waals surface area contributed by atoms with Crippen LogP contribution in [-0.2, 0) is 0 Å². The molecule has 1 rings (SSSR count). The molecule has 0 aromatic carbocycles. The van der Waals surface area contributed by atoms with Gasteiger partial charge in [-0.15, -0.1) is 0 Å². The van der Waals surface area contributed by atoms with E-state index in [1.54, 1.807) is 0 Å². The number of hydrogen-bond donors (Lipinski definition) is 2. The van der Waals surface area contributed by atoms with Gasteiger partial charge < -0.3 is 11.1 Å². The summed E-state index contributed by atoms with van der Waals surface area (Å²) in [6.45, 7) is 7.90. The Morgan fingerprint density at radius 1 is 1.41 bits per heavy atom. The van der Waals surface area contributed by atoms with E-state index < -0.39 is 0 Å². The van der Waals surface area contributed by atoms with E-state index >= 15 is 0 Å². The Labute approximate surface area is 108 Å². The van der Waals surface area contributed by atoms with Gasteiger partial charge in [-0.05, 0) is 32.1 Å². The zero-order chi connectivity index (χ0) is 12.7. The molecule has 2 heteroatoms. The first-order valence-corrected chi connectivity index (χ1v) is 7.58. The maximum Gasteiger partial charge on any atom is 0.0283 e. The minimum atomic E-state index is 0.0662. The highest BCUT2D eigenvalue weighted by molar-refractivity contribution is 4.92. The first-order chi connectivity index (χ1) is 8.06. The van der Waals surface area contributed by atoms with Crippen LogP contribution in [0.5, 0.6) is 0 Å². The molecule has 3 atom stereocenters. The predicted octanol–water partition coefficient (Wildman–Crippen LogP) is 3.45. The Hall–Kier alpha value is -0.0800. The summed E-state index contributed by atoms with van der Waals surface area (Å²) in [7, 11) is 0. The monoisotopic (exact) mass is 240 g/mol. The number of rotatable bonds is 7. The van der Waals surface area contributed by atoms with E-state index in [1.165, 1.54) is 51.4 Å². The van der Waals surface area contributed by atoms with Crippen molar-refractivity contribution >= 4 is 0 Å². The maximum absolute atomic E-state index is 6.49. The van der Waals surface area contributed by atoms with Crippen LogP contribution in [0.25, 0.3) is 0 Å². The molecular weight excluding hydrogens is 208 g/mol. The lowest BCUT2D eigenvalue weighted by atomic mass is 9.77. The summed E-state index contributed by atoms with van der Waals surface area (Å²) in [4.78, 5) is 0. The van der Waals surface area contributed by atoms with E-state index in [1.807, 2.05) is 0 Å². The first-order valence-electron chi connectivity index (χ1n) is 7.58. The van der Waals surface area contributed by atoms with E-state index in [4.69, 9.17) is 5.73 Å². The average molecular weight is 240 g/mol. The largest absolute Gasteiger partial charge is 0.324 e. The smallest absolute Gasteiger partial charge is 0.0283 e. The molecule has 0 spiro atoms. The second-order valence-electron chi connectivity index (χ2n) is 6.34. The fraction of sp³-hybridized carbons (Fsp3) is 1.00. The lowest BCUT2D eigenvalue weighted by Gasteiger charge is -2.37. The molecule has 0 heterocycles. The van der Waals surface area contributed by atoms with Crippen LogP contribution in [0.3, 0.4) is 0 Å². The van der Waals surface area contributed by atoms with Gasteiger partial charge in [0.05, 0.1) is 0 Å². The molecule has 1 aliphatic carbocycles. The summed E-state index contributed by atoms with van der Waals surface area (Å²) >= 11 is 0. The lowest BCUT2D eigenvalue weighted by Crippen LogP contribution is -2.53. The van der Waals surface area contributed by atoms with Crippen molar-refractivity contribution in [1.82, 2.24) is 5.32 Å². The molecule has 3 N–H and O–H groups in total. The zero-order valence-electron chi connectivity index (χ0n) is 12.1. The molecule has 1 aliphatic rings. The third kappa shape index (κ3) is 5.87. The highest BCUT2D eigenvalue weighted by atomic mass is 15.0. The molecule has 0 amide bonds. The highest BCUT2D eigenvalue weighted by Crippen LogP contribution is 2.29. The molecule has 1 saturated carbocycles. The Bertz CT molecular complexity index is 205. The van der Waals surface area contributed by atoms with Gasteiger partial charge in [-0.1, -0.05) is 46.0 Å². The number of nitrogens with one attached hydrogen (secondary N) is 1. The van der Waals surface area contributed by atoms with Crippen molar-refractivity contribution in [3.8, 4) is 0 Å². The molecule has 3 unspecified atom stereocenters. The molecule has 0 bridgehead atoms. The standard InChI is InChI=1S/C15H32N2/c1-4-5-6-9-14(3)17-12-15(16)10-7-8-13(2)11-15/h13-14,17H,4-12,16H2,1-3H3. The number of hydrogen-bond acceptors (Lipinski definition) is 2. The predicted molar refractivity (Wildman–Crippen MR) is 76.2 cm³/mol. The van der Waals surface area contributed by atoms with Gasteiger partial charge in [-0.25, -0.2) is 0 Å². The topological polar surface area (TPSA) is 38.0 Å². The molecular formula is C15H32N2. The summed E-state index contributed by atoms with van der Waals surface area (Å²) in [5, 5.41) is 3.65. The summed E-state index contributed by atoms with van der Waals surface area (Å²) in [6.07, 6.45) is 10.4. The molecule has 2 nitrogen and oxygen atoms in total. The van der Waals surface area contributed by atoms with Gasteiger partial charge in [0.25, 0.3) is 0 Å². The minimum Gasteiger partial charge on any atom is -0.324 e. The second-order valence-corrected chi connectivity index (χ2v) is 6.34. The number of nitrogens with two attached hydrogens (primary N) is 1. The first kappa shape index (κ1) is 15.0. The van der Waals surface area contributed by atoms with Crippen LogP contribution >= 0.6 is 0 Å². The van der Waals surface area contributed by atoms with Gasteiger partial charge >= 0.3 is 0 Å². The molecule has 0 saturated heterocycles. The van der Waals surface area contributed by atoms with Crippen molar-refractivity contribution in [2.75, 3.05) is 6.54 Å². The van der Waals surface area contributed by atoms with E-state index in [9.17, 15) is 0 Å². The van der Waals surface area contributed by atoms with Gasteiger partial charge in [0, 0.05) is 18.1 Å². The fourth-order valence-electron chi connectivity index (χ4n) is 3.04. The van der Waals surface area contributed by atoms with Crippen molar-refractivity contribution in [3.05, 3.63) is 0 Å². The summed E-state index contributed by atoms with van der Waals surface area (Å²) < 4.78 is 0. The van der Waals surface area contributed by atoms with Crippen LogP contribution in [0.2, 0.25) is 0 Å². The Kier molecular flexibility index (Phi) is 6.50. The van der Waals surface area contributed by atoms with Gasteiger partial charge in [0.1, 0.15) is 0 Å². The van der Waals surface area contributed by atoms with Crippen molar-refractivity contribution in [2.24, 2.45) is 11.7 Å². The molecule has 102 valence electrons. The molecule has 0 aromatic rings. The van der Waals surface area contributed by atoms with Crippen molar-refractivity contribution in [2.45, 2.75) is 83.7 Å². The molecule has 0 aliphatic heterocycles. The molecule has 0 radical (unpaired) electrons. The van der Waals surface area contributed by atoms with Crippen LogP contribution in [0.1, 0.15) is 72.1 Å². The normalized spacial score (nSPS) is 31.4. The summed E-state index contributed by atoms with van der Waals surface area (Å²) in [6, 6.07) is 0.624. The fourth-order valence-corrected chi connectivity index (χ4v) is 3.04. The lowest BCUT2D eigenvalue weighted by molar-refractivity contribution is 0.223. The van der Waals surface area contributed by atoms with Crippen LogP contribution in [0.15, 0.2) is 0 Å².